The van der Waals surface area contributed by atoms with Crippen molar-refractivity contribution in [2.24, 2.45) is 0 Å². The molecule has 2 aliphatic rings. The van der Waals surface area contributed by atoms with E-state index in [4.69, 9.17) is 11.6 Å². The minimum Gasteiger partial charge on any atom is -0.353 e. The number of hydrogen-bond acceptors (Lipinski definition) is 5. The van der Waals surface area contributed by atoms with E-state index in [2.05, 4.69) is 43.0 Å². The molecule has 2 fully saturated rings. The Hall–Kier alpha value is -2.57. The number of hydrogen-bond donors (Lipinski definition) is 2. The summed E-state index contributed by atoms with van der Waals surface area (Å²) < 4.78 is 37.7. The van der Waals surface area contributed by atoms with E-state index in [1.807, 2.05) is 29.2 Å². The van der Waals surface area contributed by atoms with Crippen molar-refractivity contribution in [1.82, 2.24) is 25.4 Å². The van der Waals surface area contributed by atoms with Gasteiger partial charge in [-0.3, -0.25) is 9.69 Å². The van der Waals surface area contributed by atoms with Crippen LogP contribution in [0.25, 0.3) is 0 Å². The molecule has 40 heavy (non-hydrogen) atoms. The van der Waals surface area contributed by atoms with E-state index in [0.717, 1.165) is 56.5 Å². The lowest BCUT2D eigenvalue weighted by Gasteiger charge is -2.47. The van der Waals surface area contributed by atoms with Gasteiger partial charge >= 0.3 is 12.2 Å². The normalized spacial score (nSPS) is 19.0. The van der Waals surface area contributed by atoms with Crippen LogP contribution in [0.2, 0.25) is 5.02 Å². The lowest BCUT2D eigenvalue weighted by atomic mass is 9.97. The number of pyridine rings is 1. The van der Waals surface area contributed by atoms with Crippen LogP contribution in [0.15, 0.2) is 41.0 Å². The average molecular weight is 646 g/mol. The monoisotopic (exact) mass is 644 g/mol. The number of piperidine rings is 1. The van der Waals surface area contributed by atoms with Crippen LogP contribution in [-0.2, 0) is 6.54 Å². The molecule has 2 aromatic rings. The Morgan fingerprint density at radius 1 is 1.10 bits per heavy atom. The highest BCUT2D eigenvalue weighted by molar-refractivity contribution is 9.10. The van der Waals surface area contributed by atoms with Gasteiger partial charge in [-0.2, -0.15) is 13.2 Å². The molecule has 2 saturated heterocycles. The number of nitrogens with zero attached hydrogens (tertiary/aromatic N) is 4. The number of rotatable bonds is 7. The summed E-state index contributed by atoms with van der Waals surface area (Å²) in [4.78, 5) is 35.7. The molecule has 0 saturated carbocycles. The minimum atomic E-state index is -4.47. The summed E-state index contributed by atoms with van der Waals surface area (Å²) in [7, 11) is 0. The first-order chi connectivity index (χ1) is 19.0. The third kappa shape index (κ3) is 8.01. The van der Waals surface area contributed by atoms with Crippen LogP contribution in [0.1, 0.15) is 42.1 Å². The van der Waals surface area contributed by atoms with Gasteiger partial charge in [0.1, 0.15) is 12.4 Å². The number of urea groups is 1. The number of anilines is 1. The van der Waals surface area contributed by atoms with Crippen LogP contribution >= 0.6 is 27.5 Å². The van der Waals surface area contributed by atoms with Crippen molar-refractivity contribution >= 4 is 45.3 Å². The van der Waals surface area contributed by atoms with Crippen LogP contribution in [0.3, 0.4) is 0 Å². The van der Waals surface area contributed by atoms with E-state index in [0.29, 0.717) is 34.1 Å². The van der Waals surface area contributed by atoms with E-state index >= 15 is 0 Å². The number of carbonyl (C=O) groups excluding carboxylic acids is 2. The van der Waals surface area contributed by atoms with E-state index in [1.54, 1.807) is 17.6 Å². The Bertz CT molecular complexity index is 1180. The number of alkyl halides is 3. The molecule has 3 amide bonds. The van der Waals surface area contributed by atoms with Gasteiger partial charge in [0.25, 0.3) is 5.91 Å². The maximum absolute atomic E-state index is 12.9. The van der Waals surface area contributed by atoms with Gasteiger partial charge in [-0.15, -0.1) is 0 Å². The Balaban J connectivity index is 1.29. The van der Waals surface area contributed by atoms with Gasteiger partial charge in [-0.05, 0) is 55.2 Å². The summed E-state index contributed by atoms with van der Waals surface area (Å²) in [6, 6.07) is 8.95. The Morgan fingerprint density at radius 3 is 2.42 bits per heavy atom. The lowest BCUT2D eigenvalue weighted by molar-refractivity contribution is -0.122. The van der Waals surface area contributed by atoms with Gasteiger partial charge < -0.3 is 20.4 Å². The molecule has 1 aromatic heterocycles. The third-order valence-electron chi connectivity index (χ3n) is 7.39. The first kappa shape index (κ1) is 30.4. The highest BCUT2D eigenvalue weighted by atomic mass is 79.9. The van der Waals surface area contributed by atoms with Gasteiger partial charge in [0.05, 0.1) is 5.02 Å². The Labute approximate surface area is 245 Å². The summed E-state index contributed by atoms with van der Waals surface area (Å²) in [5.41, 5.74) is 1.30. The maximum atomic E-state index is 12.9. The van der Waals surface area contributed by atoms with Gasteiger partial charge in [0.2, 0.25) is 0 Å². The molecule has 2 aliphatic heterocycles. The highest BCUT2D eigenvalue weighted by Gasteiger charge is 2.35. The molecular weight excluding hydrogens is 613 g/mol. The number of likely N-dealkylation sites (tertiary alicyclic amines) is 1. The second-order valence-electron chi connectivity index (χ2n) is 10.1. The van der Waals surface area contributed by atoms with Gasteiger partial charge in [-0.1, -0.05) is 34.5 Å². The number of nitrogens with one attached hydrogen (secondary N) is 2. The largest absolute Gasteiger partial charge is 0.405 e. The SMILES string of the molecule is CC[C@H]1CN(c2ncc(CNC(=O)NCC(F)(F)F)cc2Cl)CCN1C1CCN(C(=O)c2ccc(Br)cc2)CC1. The first-order valence-electron chi connectivity index (χ1n) is 13.3. The molecule has 0 radical (unpaired) electrons. The van der Waals surface area contributed by atoms with E-state index in [1.165, 1.54) is 0 Å². The summed E-state index contributed by atoms with van der Waals surface area (Å²) in [6.07, 6.45) is -0.0784. The van der Waals surface area contributed by atoms with Gasteiger partial charge in [0.15, 0.2) is 0 Å². The fraction of sp³-hybridized carbons (Fsp3) is 0.519. The van der Waals surface area contributed by atoms with Crippen molar-refractivity contribution in [1.29, 1.82) is 0 Å². The smallest absolute Gasteiger partial charge is 0.353 e. The Morgan fingerprint density at radius 2 is 1.80 bits per heavy atom. The predicted octanol–water partition coefficient (Wildman–Crippen LogP) is 5.06. The topological polar surface area (TPSA) is 80.8 Å². The molecule has 8 nitrogen and oxygen atoms in total. The number of amides is 3. The van der Waals surface area contributed by atoms with Crippen molar-refractivity contribution < 1.29 is 22.8 Å². The van der Waals surface area contributed by atoms with E-state index < -0.39 is 18.8 Å². The van der Waals surface area contributed by atoms with Crippen molar-refractivity contribution in [2.45, 2.75) is 51.0 Å². The number of halogens is 5. The summed E-state index contributed by atoms with van der Waals surface area (Å²) in [5, 5.41) is 4.58. The van der Waals surface area contributed by atoms with E-state index in [-0.39, 0.29) is 12.5 Å². The highest BCUT2D eigenvalue weighted by Crippen LogP contribution is 2.30. The van der Waals surface area contributed by atoms with Crippen molar-refractivity contribution in [3.63, 3.8) is 0 Å². The second kappa shape index (κ2) is 13.4. The zero-order valence-electron chi connectivity index (χ0n) is 22.2. The zero-order valence-corrected chi connectivity index (χ0v) is 24.5. The summed E-state index contributed by atoms with van der Waals surface area (Å²) >= 11 is 9.96. The standard InChI is InChI=1S/C27H33BrClF3N6O2/c1-2-21-16-37(24-23(29)13-18(14-33-24)15-34-26(40)35-17-27(30,31)32)11-12-38(21)22-7-9-36(10-8-22)25(39)19-3-5-20(28)6-4-19/h3-6,13-14,21-22H,2,7-12,15-17H2,1H3,(H2,34,35,40)/t21-/m0/s1. The Kier molecular flexibility index (Phi) is 10.2. The van der Waals surface area contributed by atoms with Crippen LogP contribution in [0, 0.1) is 0 Å². The number of piperazine rings is 1. The fourth-order valence-corrected chi connectivity index (χ4v) is 5.88. The van der Waals surface area contributed by atoms with Crippen LogP contribution < -0.4 is 15.5 Å². The van der Waals surface area contributed by atoms with Crippen LogP contribution in [0.5, 0.6) is 0 Å². The summed E-state index contributed by atoms with van der Waals surface area (Å²) in [6.45, 7) is 4.60. The number of benzene rings is 1. The minimum absolute atomic E-state index is 0.00503. The molecule has 0 aliphatic carbocycles. The molecule has 3 heterocycles. The molecule has 0 spiro atoms. The maximum Gasteiger partial charge on any atom is 0.405 e. The quantitative estimate of drug-likeness (QED) is 0.440. The molecular formula is C27H33BrClF3N6O2. The van der Waals surface area contributed by atoms with Crippen LogP contribution in [-0.4, -0.2) is 84.3 Å². The molecule has 218 valence electrons. The molecule has 13 heteroatoms. The molecule has 2 N–H and O–H groups in total. The molecule has 4 rings (SSSR count). The average Bonchev–Trinajstić information content (AvgIpc) is 2.94. The molecule has 0 bridgehead atoms. The molecule has 1 atom stereocenters. The molecule has 0 unspecified atom stereocenters. The fourth-order valence-electron chi connectivity index (χ4n) is 5.31. The van der Waals surface area contributed by atoms with E-state index in [9.17, 15) is 22.8 Å². The van der Waals surface area contributed by atoms with Gasteiger partial charge in [0, 0.05) is 67.6 Å². The number of carbonyl (C=O) groups is 2. The molecule has 1 aromatic carbocycles. The van der Waals surface area contributed by atoms with Crippen LogP contribution in [0.4, 0.5) is 23.8 Å². The van der Waals surface area contributed by atoms with Gasteiger partial charge in [-0.25, -0.2) is 9.78 Å². The lowest BCUT2D eigenvalue weighted by Crippen LogP contribution is -2.58. The first-order valence-corrected chi connectivity index (χ1v) is 14.5. The predicted molar refractivity (Wildman–Crippen MR) is 152 cm³/mol. The third-order valence-corrected chi connectivity index (χ3v) is 8.20. The summed E-state index contributed by atoms with van der Waals surface area (Å²) in [5.74, 6) is 0.726. The number of aromatic nitrogens is 1. The van der Waals surface area contributed by atoms with Crippen molar-refractivity contribution in [2.75, 3.05) is 44.2 Å². The zero-order chi connectivity index (χ0) is 28.9. The van der Waals surface area contributed by atoms with Crippen molar-refractivity contribution in [3.8, 4) is 0 Å². The second-order valence-corrected chi connectivity index (χ2v) is 11.4. The van der Waals surface area contributed by atoms with Crippen molar-refractivity contribution in [3.05, 3.63) is 57.2 Å².